The van der Waals surface area contributed by atoms with Crippen LogP contribution in [0, 0.1) is 12.8 Å². The molecule has 6 nitrogen and oxygen atoms in total. The van der Waals surface area contributed by atoms with Gasteiger partial charge in [-0.05, 0) is 18.6 Å². The molecule has 1 aliphatic rings. The SMILES string of the molecule is Cc1ccc(N2CC(CS(N)(=O)=O)CC2=O)cc1O. The summed E-state index contributed by atoms with van der Waals surface area (Å²) in [6, 6.07) is 4.95. The lowest BCUT2D eigenvalue weighted by Crippen LogP contribution is -2.27. The van der Waals surface area contributed by atoms with Crippen molar-refractivity contribution in [2.45, 2.75) is 13.3 Å². The molecule has 1 fully saturated rings. The van der Waals surface area contributed by atoms with Crippen LogP contribution in [0.25, 0.3) is 0 Å². The van der Waals surface area contributed by atoms with Crippen molar-refractivity contribution in [3.63, 3.8) is 0 Å². The molecule has 1 heterocycles. The molecule has 3 N–H and O–H groups in total. The zero-order valence-electron chi connectivity index (χ0n) is 10.5. The smallest absolute Gasteiger partial charge is 0.227 e. The molecule has 19 heavy (non-hydrogen) atoms. The Morgan fingerprint density at radius 3 is 2.74 bits per heavy atom. The molecule has 1 atom stereocenters. The fourth-order valence-corrected chi connectivity index (χ4v) is 3.12. The summed E-state index contributed by atoms with van der Waals surface area (Å²) in [5.74, 6) is -0.546. The first-order valence-corrected chi connectivity index (χ1v) is 7.58. The highest BCUT2D eigenvalue weighted by Crippen LogP contribution is 2.29. The lowest BCUT2D eigenvalue weighted by Gasteiger charge is -2.17. The molecule has 0 saturated carbocycles. The third kappa shape index (κ3) is 3.24. The highest BCUT2D eigenvalue weighted by molar-refractivity contribution is 7.89. The Balaban J connectivity index is 2.18. The van der Waals surface area contributed by atoms with Gasteiger partial charge in [0.1, 0.15) is 5.75 Å². The predicted molar refractivity (Wildman–Crippen MR) is 71.3 cm³/mol. The highest BCUT2D eigenvalue weighted by Gasteiger charge is 2.32. The van der Waals surface area contributed by atoms with Crippen molar-refractivity contribution < 1.29 is 18.3 Å². The van der Waals surface area contributed by atoms with Crippen LogP contribution in [0.1, 0.15) is 12.0 Å². The third-order valence-electron chi connectivity index (χ3n) is 3.18. The maximum Gasteiger partial charge on any atom is 0.227 e. The van der Waals surface area contributed by atoms with Crippen molar-refractivity contribution in [2.24, 2.45) is 11.1 Å². The van der Waals surface area contributed by atoms with Crippen LogP contribution >= 0.6 is 0 Å². The second kappa shape index (κ2) is 4.82. The number of phenols is 1. The number of aromatic hydroxyl groups is 1. The average Bonchev–Trinajstić information content (AvgIpc) is 2.61. The van der Waals surface area contributed by atoms with Crippen molar-refractivity contribution in [3.05, 3.63) is 23.8 Å². The zero-order valence-corrected chi connectivity index (χ0v) is 11.4. The minimum Gasteiger partial charge on any atom is -0.508 e. The monoisotopic (exact) mass is 284 g/mol. The van der Waals surface area contributed by atoms with Gasteiger partial charge in [-0.3, -0.25) is 4.79 Å². The molecule has 2 rings (SSSR count). The largest absolute Gasteiger partial charge is 0.508 e. The van der Waals surface area contributed by atoms with Crippen LogP contribution in [-0.4, -0.2) is 31.7 Å². The van der Waals surface area contributed by atoms with Crippen LogP contribution in [0.4, 0.5) is 5.69 Å². The number of hydrogen-bond donors (Lipinski definition) is 2. The fraction of sp³-hybridized carbons (Fsp3) is 0.417. The van der Waals surface area contributed by atoms with E-state index in [4.69, 9.17) is 5.14 Å². The van der Waals surface area contributed by atoms with Gasteiger partial charge in [0.2, 0.25) is 15.9 Å². The lowest BCUT2D eigenvalue weighted by molar-refractivity contribution is -0.117. The number of nitrogens with zero attached hydrogens (tertiary/aromatic N) is 1. The molecule has 0 radical (unpaired) electrons. The number of carbonyl (C=O) groups is 1. The van der Waals surface area contributed by atoms with Crippen LogP contribution in [0.3, 0.4) is 0 Å². The topological polar surface area (TPSA) is 101 Å². The van der Waals surface area contributed by atoms with Crippen molar-refractivity contribution in [1.82, 2.24) is 0 Å². The van der Waals surface area contributed by atoms with E-state index in [0.717, 1.165) is 5.56 Å². The number of anilines is 1. The predicted octanol–water partition coefficient (Wildman–Crippen LogP) is 0.342. The summed E-state index contributed by atoms with van der Waals surface area (Å²) in [6.45, 7) is 2.06. The molecule has 0 aliphatic carbocycles. The Kier molecular flexibility index (Phi) is 3.51. The average molecular weight is 284 g/mol. The number of amides is 1. The number of aryl methyl sites for hydroxylation is 1. The lowest BCUT2D eigenvalue weighted by atomic mass is 10.1. The Morgan fingerprint density at radius 1 is 1.47 bits per heavy atom. The van der Waals surface area contributed by atoms with E-state index in [0.29, 0.717) is 12.2 Å². The molecular weight excluding hydrogens is 268 g/mol. The van der Waals surface area contributed by atoms with Gasteiger partial charge < -0.3 is 10.0 Å². The minimum absolute atomic E-state index is 0.111. The molecule has 0 spiro atoms. The number of sulfonamides is 1. The van der Waals surface area contributed by atoms with E-state index in [1.165, 1.54) is 11.0 Å². The number of hydrogen-bond acceptors (Lipinski definition) is 4. The first-order chi connectivity index (χ1) is 8.76. The Labute approximate surface area is 111 Å². The molecule has 1 amide bonds. The summed E-state index contributed by atoms with van der Waals surface area (Å²) >= 11 is 0. The molecule has 7 heteroatoms. The molecule has 104 valence electrons. The van der Waals surface area contributed by atoms with Gasteiger partial charge in [-0.15, -0.1) is 0 Å². The quantitative estimate of drug-likeness (QED) is 0.835. The molecular formula is C12H16N2O4S. The van der Waals surface area contributed by atoms with E-state index in [2.05, 4.69) is 0 Å². The standard InChI is InChI=1S/C12H16N2O4S/c1-8-2-3-10(5-11(8)15)14-6-9(4-12(14)16)7-19(13,17)18/h2-3,5,9,15H,4,6-7H2,1H3,(H2,13,17,18). The van der Waals surface area contributed by atoms with Gasteiger partial charge >= 0.3 is 0 Å². The van der Waals surface area contributed by atoms with E-state index in [9.17, 15) is 18.3 Å². The summed E-state index contributed by atoms with van der Waals surface area (Å²) in [5.41, 5.74) is 1.29. The van der Waals surface area contributed by atoms with Gasteiger partial charge in [-0.25, -0.2) is 13.6 Å². The second-order valence-corrected chi connectivity index (χ2v) is 6.53. The van der Waals surface area contributed by atoms with Gasteiger partial charge in [0.15, 0.2) is 0 Å². The Bertz CT molecular complexity index is 612. The molecule has 0 bridgehead atoms. The summed E-state index contributed by atoms with van der Waals surface area (Å²) in [4.78, 5) is 13.4. The molecule has 1 aromatic rings. The first-order valence-electron chi connectivity index (χ1n) is 5.87. The number of nitrogens with two attached hydrogens (primary N) is 1. The Hall–Kier alpha value is -1.60. The normalized spacial score (nSPS) is 20.0. The molecule has 1 saturated heterocycles. The number of carbonyl (C=O) groups excluding carboxylic acids is 1. The summed E-state index contributed by atoms with van der Waals surface area (Å²) in [5, 5.41) is 14.6. The maximum atomic E-state index is 11.9. The van der Waals surface area contributed by atoms with Crippen molar-refractivity contribution in [1.29, 1.82) is 0 Å². The van der Waals surface area contributed by atoms with Crippen molar-refractivity contribution in [3.8, 4) is 5.75 Å². The third-order valence-corrected chi connectivity index (χ3v) is 4.11. The van der Waals surface area contributed by atoms with Crippen LogP contribution in [-0.2, 0) is 14.8 Å². The minimum atomic E-state index is -3.58. The van der Waals surface area contributed by atoms with Gasteiger partial charge in [0, 0.05) is 30.6 Å². The van der Waals surface area contributed by atoms with E-state index in [1.807, 2.05) is 0 Å². The van der Waals surface area contributed by atoms with E-state index in [-0.39, 0.29) is 29.7 Å². The zero-order chi connectivity index (χ0) is 14.2. The summed E-state index contributed by atoms with van der Waals surface area (Å²) in [7, 11) is -3.58. The summed E-state index contributed by atoms with van der Waals surface area (Å²) < 4.78 is 22.1. The van der Waals surface area contributed by atoms with E-state index < -0.39 is 10.0 Å². The molecule has 1 aromatic carbocycles. The number of phenolic OH excluding ortho intramolecular Hbond substituents is 1. The highest BCUT2D eigenvalue weighted by atomic mass is 32.2. The van der Waals surface area contributed by atoms with Crippen LogP contribution < -0.4 is 10.0 Å². The molecule has 1 unspecified atom stereocenters. The molecule has 1 aliphatic heterocycles. The van der Waals surface area contributed by atoms with Crippen LogP contribution in [0.15, 0.2) is 18.2 Å². The Morgan fingerprint density at radius 2 is 2.16 bits per heavy atom. The number of benzene rings is 1. The fourth-order valence-electron chi connectivity index (χ4n) is 2.24. The van der Waals surface area contributed by atoms with E-state index >= 15 is 0 Å². The number of rotatable bonds is 3. The van der Waals surface area contributed by atoms with Gasteiger partial charge in [0.25, 0.3) is 0 Å². The molecule has 0 aromatic heterocycles. The van der Waals surface area contributed by atoms with Gasteiger partial charge in [-0.2, -0.15) is 0 Å². The second-order valence-electron chi connectivity index (χ2n) is 4.87. The number of primary sulfonamides is 1. The van der Waals surface area contributed by atoms with Gasteiger partial charge in [0.05, 0.1) is 5.75 Å². The van der Waals surface area contributed by atoms with Gasteiger partial charge in [-0.1, -0.05) is 6.07 Å². The van der Waals surface area contributed by atoms with Crippen molar-refractivity contribution in [2.75, 3.05) is 17.2 Å². The first kappa shape index (κ1) is 13.8. The summed E-state index contributed by atoms with van der Waals surface area (Å²) in [6.07, 6.45) is 0.158. The van der Waals surface area contributed by atoms with E-state index in [1.54, 1.807) is 19.1 Å². The van der Waals surface area contributed by atoms with Crippen molar-refractivity contribution >= 4 is 21.6 Å². The van der Waals surface area contributed by atoms with Crippen LogP contribution in [0.2, 0.25) is 0 Å². The van der Waals surface area contributed by atoms with Crippen LogP contribution in [0.5, 0.6) is 5.75 Å². The maximum absolute atomic E-state index is 11.9.